The van der Waals surface area contributed by atoms with Crippen LogP contribution in [0.15, 0.2) is 12.3 Å². The van der Waals surface area contributed by atoms with Crippen molar-refractivity contribution in [2.24, 2.45) is 0 Å². The Kier molecular flexibility index (Phi) is 5.40. The lowest BCUT2D eigenvalue weighted by Crippen LogP contribution is -2.31. The summed E-state index contributed by atoms with van der Waals surface area (Å²) in [6.45, 7) is 1.12. The van der Waals surface area contributed by atoms with Gasteiger partial charge in [0.1, 0.15) is 0 Å². The summed E-state index contributed by atoms with van der Waals surface area (Å²) in [5.41, 5.74) is 1.23. The Morgan fingerprint density at radius 3 is 2.79 bits per heavy atom. The second-order valence-corrected chi connectivity index (χ2v) is 6.01. The second kappa shape index (κ2) is 7.06. The molecule has 0 bridgehead atoms. The standard InChI is InChI=1S/C15H28N4/c1-16-13(8-10-18(2)3)12-14-9-11-19(17-14)15-6-4-5-7-15/h9,11,13,15-16H,4-8,10,12H2,1-3H3. The van der Waals surface area contributed by atoms with Gasteiger partial charge in [0.25, 0.3) is 0 Å². The molecule has 1 aromatic rings. The van der Waals surface area contributed by atoms with E-state index < -0.39 is 0 Å². The second-order valence-electron chi connectivity index (χ2n) is 6.01. The third kappa shape index (κ3) is 4.32. The maximum Gasteiger partial charge on any atom is 0.0640 e. The Balaban J connectivity index is 1.86. The molecule has 1 heterocycles. The molecule has 0 aromatic carbocycles. The first-order chi connectivity index (χ1) is 9.19. The van der Waals surface area contributed by atoms with Crippen molar-refractivity contribution < 1.29 is 0 Å². The zero-order valence-electron chi connectivity index (χ0n) is 12.6. The van der Waals surface area contributed by atoms with Gasteiger partial charge >= 0.3 is 0 Å². The highest BCUT2D eigenvalue weighted by Gasteiger charge is 2.18. The Bertz CT molecular complexity index is 366. The van der Waals surface area contributed by atoms with Gasteiger partial charge in [-0.15, -0.1) is 0 Å². The summed E-state index contributed by atoms with van der Waals surface area (Å²) >= 11 is 0. The zero-order valence-corrected chi connectivity index (χ0v) is 12.6. The van der Waals surface area contributed by atoms with E-state index in [1.54, 1.807) is 0 Å². The molecular weight excluding hydrogens is 236 g/mol. The van der Waals surface area contributed by atoms with Crippen LogP contribution in [0.4, 0.5) is 0 Å². The fraction of sp³-hybridized carbons (Fsp3) is 0.800. The average molecular weight is 264 g/mol. The van der Waals surface area contributed by atoms with Crippen molar-refractivity contribution in [1.82, 2.24) is 20.0 Å². The molecule has 2 rings (SSSR count). The van der Waals surface area contributed by atoms with Crippen molar-refractivity contribution in [3.63, 3.8) is 0 Å². The summed E-state index contributed by atoms with van der Waals surface area (Å²) in [7, 11) is 6.30. The largest absolute Gasteiger partial charge is 0.317 e. The molecule has 108 valence electrons. The third-order valence-corrected chi connectivity index (χ3v) is 4.15. The SMILES string of the molecule is CNC(CCN(C)C)Cc1ccn(C2CCCC2)n1. The van der Waals surface area contributed by atoms with E-state index in [1.807, 2.05) is 7.05 Å². The van der Waals surface area contributed by atoms with E-state index in [9.17, 15) is 0 Å². The van der Waals surface area contributed by atoms with E-state index >= 15 is 0 Å². The molecule has 1 saturated carbocycles. The smallest absolute Gasteiger partial charge is 0.0640 e. The number of likely N-dealkylation sites (N-methyl/N-ethyl adjacent to an activating group) is 1. The van der Waals surface area contributed by atoms with Gasteiger partial charge < -0.3 is 10.2 Å². The van der Waals surface area contributed by atoms with Gasteiger partial charge in [0.05, 0.1) is 11.7 Å². The van der Waals surface area contributed by atoms with Crippen LogP contribution in [0.5, 0.6) is 0 Å². The fourth-order valence-electron chi connectivity index (χ4n) is 2.87. The van der Waals surface area contributed by atoms with Gasteiger partial charge in [-0.05, 0) is 53.0 Å². The number of hydrogen-bond acceptors (Lipinski definition) is 3. The molecule has 1 fully saturated rings. The van der Waals surface area contributed by atoms with E-state index in [-0.39, 0.29) is 0 Å². The molecular formula is C15H28N4. The Labute approximate surface area is 117 Å². The minimum Gasteiger partial charge on any atom is -0.317 e. The van der Waals surface area contributed by atoms with Crippen LogP contribution < -0.4 is 5.32 Å². The van der Waals surface area contributed by atoms with Crippen molar-refractivity contribution in [3.8, 4) is 0 Å². The van der Waals surface area contributed by atoms with Crippen molar-refractivity contribution >= 4 is 0 Å². The molecule has 4 heteroatoms. The minimum absolute atomic E-state index is 0.523. The van der Waals surface area contributed by atoms with Crippen molar-refractivity contribution in [2.75, 3.05) is 27.7 Å². The lowest BCUT2D eigenvalue weighted by Gasteiger charge is -2.17. The molecule has 0 saturated heterocycles. The van der Waals surface area contributed by atoms with Gasteiger partial charge in [0, 0.05) is 18.7 Å². The average Bonchev–Trinajstić information content (AvgIpc) is 3.04. The van der Waals surface area contributed by atoms with Crippen LogP contribution in [0.1, 0.15) is 43.8 Å². The Morgan fingerprint density at radius 1 is 1.42 bits per heavy atom. The highest BCUT2D eigenvalue weighted by Crippen LogP contribution is 2.28. The Hall–Kier alpha value is -0.870. The third-order valence-electron chi connectivity index (χ3n) is 4.15. The van der Waals surface area contributed by atoms with Crippen LogP contribution in [0.2, 0.25) is 0 Å². The first-order valence-electron chi connectivity index (χ1n) is 7.55. The fourth-order valence-corrected chi connectivity index (χ4v) is 2.87. The van der Waals surface area contributed by atoms with Gasteiger partial charge in [0.2, 0.25) is 0 Å². The Morgan fingerprint density at radius 2 is 2.16 bits per heavy atom. The summed E-state index contributed by atoms with van der Waals surface area (Å²) < 4.78 is 2.20. The summed E-state index contributed by atoms with van der Waals surface area (Å²) in [6, 6.07) is 3.37. The molecule has 1 unspecified atom stereocenters. The maximum atomic E-state index is 4.77. The molecule has 1 aromatic heterocycles. The molecule has 1 aliphatic rings. The summed E-state index contributed by atoms with van der Waals surface area (Å²) in [5, 5.41) is 8.18. The van der Waals surface area contributed by atoms with Gasteiger partial charge in [-0.25, -0.2) is 0 Å². The number of nitrogens with zero attached hydrogens (tertiary/aromatic N) is 3. The summed E-state index contributed by atoms with van der Waals surface area (Å²) in [4.78, 5) is 2.24. The first-order valence-corrected chi connectivity index (χ1v) is 7.55. The predicted octanol–water partition coefficient (Wildman–Crippen LogP) is 2.08. The van der Waals surface area contributed by atoms with E-state index in [0.29, 0.717) is 12.1 Å². The number of rotatable bonds is 7. The lowest BCUT2D eigenvalue weighted by molar-refractivity contribution is 0.362. The normalized spacial score (nSPS) is 18.3. The van der Waals surface area contributed by atoms with Crippen LogP contribution in [-0.4, -0.2) is 48.4 Å². The molecule has 0 radical (unpaired) electrons. The molecule has 0 amide bonds. The quantitative estimate of drug-likeness (QED) is 0.818. The van der Waals surface area contributed by atoms with Gasteiger partial charge in [-0.1, -0.05) is 12.8 Å². The van der Waals surface area contributed by atoms with Crippen LogP contribution in [0.3, 0.4) is 0 Å². The summed E-state index contributed by atoms with van der Waals surface area (Å²) in [6.07, 6.45) is 9.70. The molecule has 0 spiro atoms. The van der Waals surface area contributed by atoms with Crippen LogP contribution in [0, 0.1) is 0 Å². The van der Waals surface area contributed by atoms with Crippen LogP contribution in [-0.2, 0) is 6.42 Å². The highest BCUT2D eigenvalue weighted by molar-refractivity contribution is 5.02. The highest BCUT2D eigenvalue weighted by atomic mass is 15.3. The van der Waals surface area contributed by atoms with E-state index in [2.05, 4.69) is 41.3 Å². The van der Waals surface area contributed by atoms with Gasteiger partial charge in [0.15, 0.2) is 0 Å². The molecule has 4 nitrogen and oxygen atoms in total. The van der Waals surface area contributed by atoms with Crippen molar-refractivity contribution in [3.05, 3.63) is 18.0 Å². The monoisotopic (exact) mass is 264 g/mol. The number of nitrogens with one attached hydrogen (secondary N) is 1. The van der Waals surface area contributed by atoms with Crippen LogP contribution >= 0.6 is 0 Å². The lowest BCUT2D eigenvalue weighted by atomic mass is 10.1. The molecule has 1 atom stereocenters. The van der Waals surface area contributed by atoms with E-state index in [0.717, 1.165) is 13.0 Å². The molecule has 19 heavy (non-hydrogen) atoms. The summed E-state index contributed by atoms with van der Waals surface area (Å²) in [5.74, 6) is 0. The van der Waals surface area contributed by atoms with Gasteiger partial charge in [-0.2, -0.15) is 5.10 Å². The maximum absolute atomic E-state index is 4.77. The van der Waals surface area contributed by atoms with Gasteiger partial charge in [-0.3, -0.25) is 4.68 Å². The molecule has 1 aliphatic carbocycles. The van der Waals surface area contributed by atoms with E-state index in [4.69, 9.17) is 5.10 Å². The first kappa shape index (κ1) is 14.5. The number of hydrogen-bond donors (Lipinski definition) is 1. The van der Waals surface area contributed by atoms with Crippen molar-refractivity contribution in [1.29, 1.82) is 0 Å². The van der Waals surface area contributed by atoms with E-state index in [1.165, 1.54) is 37.8 Å². The van der Waals surface area contributed by atoms with Crippen molar-refractivity contribution in [2.45, 2.75) is 50.6 Å². The molecule has 0 aliphatic heterocycles. The topological polar surface area (TPSA) is 33.1 Å². The number of aromatic nitrogens is 2. The zero-order chi connectivity index (χ0) is 13.7. The minimum atomic E-state index is 0.523. The molecule has 1 N–H and O–H groups in total. The van der Waals surface area contributed by atoms with Crippen LogP contribution in [0.25, 0.3) is 0 Å². The predicted molar refractivity (Wildman–Crippen MR) is 79.5 cm³/mol.